The summed E-state index contributed by atoms with van der Waals surface area (Å²) in [7, 11) is 0. The maximum absolute atomic E-state index is 13.7. The molecule has 0 spiro atoms. The number of halogens is 1. The van der Waals surface area contributed by atoms with Crippen molar-refractivity contribution in [2.45, 2.75) is 20.0 Å². The number of rotatable bonds is 5. The van der Waals surface area contributed by atoms with Gasteiger partial charge in [-0.2, -0.15) is 15.1 Å². The van der Waals surface area contributed by atoms with Crippen LogP contribution in [0.1, 0.15) is 24.5 Å². The van der Waals surface area contributed by atoms with Gasteiger partial charge >= 0.3 is 0 Å². The number of nitrogens with one attached hydrogen (secondary N) is 1. The van der Waals surface area contributed by atoms with Crippen LogP contribution in [-0.2, 0) is 11.4 Å². The maximum Gasteiger partial charge on any atom is 0.283 e. The van der Waals surface area contributed by atoms with Crippen molar-refractivity contribution in [2.24, 2.45) is 10.1 Å². The van der Waals surface area contributed by atoms with E-state index in [4.69, 9.17) is 10.1 Å². The number of ether oxygens (including phenoxy) is 1. The third-order valence-corrected chi connectivity index (χ3v) is 5.39. The van der Waals surface area contributed by atoms with Crippen molar-refractivity contribution in [3.8, 4) is 5.75 Å². The normalized spacial score (nSPS) is 17.3. The molecule has 29 heavy (non-hydrogen) atoms. The van der Waals surface area contributed by atoms with Crippen molar-refractivity contribution in [3.05, 3.63) is 71.0 Å². The largest absolute Gasteiger partial charge is 0.489 e. The van der Waals surface area contributed by atoms with Crippen molar-refractivity contribution < 1.29 is 13.9 Å². The molecule has 146 valence electrons. The fourth-order valence-electron chi connectivity index (χ4n) is 2.78. The number of carbonyl (C=O) groups excluding carboxylic acids is 1. The minimum Gasteiger partial charge on any atom is -0.489 e. The Hall–Kier alpha value is -3.26. The van der Waals surface area contributed by atoms with Crippen molar-refractivity contribution in [2.75, 3.05) is 0 Å². The first-order valence-electron chi connectivity index (χ1n) is 9.00. The molecule has 0 saturated heterocycles. The number of thioether (sulfide) groups is 1. The third kappa shape index (κ3) is 3.97. The Morgan fingerprint density at radius 3 is 2.69 bits per heavy atom. The number of hydrogen-bond acceptors (Lipinski definition) is 5. The lowest BCUT2D eigenvalue weighted by Gasteiger charge is -2.20. The van der Waals surface area contributed by atoms with Crippen molar-refractivity contribution in [1.82, 2.24) is 5.01 Å². The number of benzene rings is 2. The summed E-state index contributed by atoms with van der Waals surface area (Å²) in [5.74, 6) is -0.178. The van der Waals surface area contributed by atoms with Gasteiger partial charge in [0.2, 0.25) is 5.17 Å². The summed E-state index contributed by atoms with van der Waals surface area (Å²) in [6.45, 7) is 2.08. The Kier molecular flexibility index (Phi) is 5.26. The van der Waals surface area contributed by atoms with E-state index in [1.165, 1.54) is 22.8 Å². The lowest BCUT2D eigenvalue weighted by molar-refractivity contribution is -0.114. The first-order valence-corrected chi connectivity index (χ1v) is 9.82. The van der Waals surface area contributed by atoms with E-state index >= 15 is 0 Å². The van der Waals surface area contributed by atoms with Crippen LogP contribution in [0.25, 0.3) is 6.08 Å². The second kappa shape index (κ2) is 8.00. The first-order chi connectivity index (χ1) is 14.0. The lowest BCUT2D eigenvalue weighted by Crippen LogP contribution is -2.35. The van der Waals surface area contributed by atoms with Gasteiger partial charge in [0.1, 0.15) is 23.2 Å². The molecule has 0 bridgehead atoms. The molecule has 0 saturated carbocycles. The molecule has 0 radical (unpaired) electrons. The highest BCUT2D eigenvalue weighted by Crippen LogP contribution is 2.29. The van der Waals surface area contributed by atoms with Crippen LogP contribution in [0.3, 0.4) is 0 Å². The van der Waals surface area contributed by atoms with E-state index in [0.29, 0.717) is 16.5 Å². The van der Waals surface area contributed by atoms with E-state index in [0.717, 1.165) is 17.0 Å². The SMILES string of the molecule is CCC1=NN2C(=N)C(=Cc3ccc(OCc4ccccc4F)cc3)C(=O)N=C2S1. The molecule has 0 aromatic heterocycles. The van der Waals surface area contributed by atoms with Crippen LogP contribution in [0.4, 0.5) is 4.39 Å². The zero-order valence-electron chi connectivity index (χ0n) is 15.6. The topological polar surface area (TPSA) is 78.1 Å². The summed E-state index contributed by atoms with van der Waals surface area (Å²) < 4.78 is 19.3. The molecule has 0 atom stereocenters. The standard InChI is InChI=1S/C21H17FN4O2S/c1-2-18-25-26-19(23)16(20(27)24-21(26)29-18)11-13-7-9-15(10-8-13)28-12-14-5-3-4-6-17(14)22/h3-11,23H,2,12H2,1H3. The van der Waals surface area contributed by atoms with Crippen LogP contribution in [0.2, 0.25) is 0 Å². The highest BCUT2D eigenvalue weighted by Gasteiger charge is 2.34. The molecule has 1 N–H and O–H groups in total. The van der Waals surface area contributed by atoms with Gasteiger partial charge < -0.3 is 4.74 Å². The summed E-state index contributed by atoms with van der Waals surface area (Å²) in [6, 6.07) is 13.5. The average molecular weight is 408 g/mol. The Morgan fingerprint density at radius 1 is 1.21 bits per heavy atom. The number of hydrazone groups is 1. The lowest BCUT2D eigenvalue weighted by atomic mass is 10.1. The van der Waals surface area contributed by atoms with E-state index in [9.17, 15) is 9.18 Å². The molecule has 6 nitrogen and oxygen atoms in total. The maximum atomic E-state index is 13.7. The minimum atomic E-state index is -0.457. The number of nitrogens with zero attached hydrogens (tertiary/aromatic N) is 3. The predicted molar refractivity (Wildman–Crippen MR) is 112 cm³/mol. The monoisotopic (exact) mass is 408 g/mol. The van der Waals surface area contributed by atoms with E-state index in [1.807, 2.05) is 6.92 Å². The number of aliphatic imine (C=N–C) groups is 1. The van der Waals surface area contributed by atoms with E-state index in [2.05, 4.69) is 10.1 Å². The molecule has 2 aromatic rings. The number of amidine groups is 2. The van der Waals surface area contributed by atoms with Gasteiger partial charge in [-0.1, -0.05) is 37.3 Å². The molecule has 2 heterocycles. The van der Waals surface area contributed by atoms with Crippen LogP contribution in [0.15, 0.2) is 64.2 Å². The van der Waals surface area contributed by atoms with Crippen LogP contribution in [0, 0.1) is 11.2 Å². The molecule has 0 unspecified atom stereocenters. The second-order valence-electron chi connectivity index (χ2n) is 6.32. The van der Waals surface area contributed by atoms with Gasteiger partial charge in [0.15, 0.2) is 5.84 Å². The quantitative estimate of drug-likeness (QED) is 0.742. The van der Waals surface area contributed by atoms with E-state index in [1.54, 1.807) is 48.5 Å². The molecule has 0 aliphatic carbocycles. The van der Waals surface area contributed by atoms with Gasteiger partial charge in [0, 0.05) is 5.56 Å². The predicted octanol–water partition coefficient (Wildman–Crippen LogP) is 4.43. The molecular formula is C21H17FN4O2S. The summed E-state index contributed by atoms with van der Waals surface area (Å²) in [6.07, 6.45) is 2.32. The molecule has 8 heteroatoms. The van der Waals surface area contributed by atoms with Crippen LogP contribution in [0.5, 0.6) is 5.75 Å². The van der Waals surface area contributed by atoms with Crippen molar-refractivity contribution in [1.29, 1.82) is 5.41 Å². The first kappa shape index (κ1) is 19.1. The summed E-state index contributed by atoms with van der Waals surface area (Å²) in [5, 5.41) is 15.3. The third-order valence-electron chi connectivity index (χ3n) is 4.34. The molecule has 2 aliphatic rings. The zero-order chi connectivity index (χ0) is 20.4. The summed E-state index contributed by atoms with van der Waals surface area (Å²) >= 11 is 1.31. The van der Waals surface area contributed by atoms with Gasteiger partial charge in [-0.15, -0.1) is 0 Å². The fourth-order valence-corrected chi connectivity index (χ4v) is 3.60. The number of hydrogen-bond donors (Lipinski definition) is 1. The highest BCUT2D eigenvalue weighted by atomic mass is 32.2. The zero-order valence-corrected chi connectivity index (χ0v) is 16.4. The second-order valence-corrected chi connectivity index (χ2v) is 7.36. The molecular weight excluding hydrogens is 391 g/mol. The molecule has 2 aliphatic heterocycles. The van der Waals surface area contributed by atoms with Gasteiger partial charge in [-0.3, -0.25) is 10.2 Å². The van der Waals surface area contributed by atoms with Crippen molar-refractivity contribution in [3.63, 3.8) is 0 Å². The van der Waals surface area contributed by atoms with Crippen LogP contribution >= 0.6 is 11.8 Å². The molecule has 1 amide bonds. The Labute approximate surface area is 171 Å². The van der Waals surface area contributed by atoms with Gasteiger partial charge in [-0.25, -0.2) is 4.39 Å². The molecule has 0 fully saturated rings. The van der Waals surface area contributed by atoms with Crippen molar-refractivity contribution >= 4 is 39.8 Å². The highest BCUT2D eigenvalue weighted by molar-refractivity contribution is 8.26. The molecule has 4 rings (SSSR count). The minimum absolute atomic E-state index is 0.0100. The Morgan fingerprint density at radius 2 is 1.97 bits per heavy atom. The average Bonchev–Trinajstić information content (AvgIpc) is 3.15. The number of carbonyl (C=O) groups is 1. The van der Waals surface area contributed by atoms with E-state index in [-0.39, 0.29) is 23.8 Å². The molecule has 2 aromatic carbocycles. The van der Waals surface area contributed by atoms with Gasteiger partial charge in [-0.05, 0) is 48.0 Å². The Bertz CT molecular complexity index is 1080. The Balaban J connectivity index is 1.49. The van der Waals surface area contributed by atoms with E-state index < -0.39 is 5.91 Å². The van der Waals surface area contributed by atoms with Crippen LogP contribution < -0.4 is 4.74 Å². The van der Waals surface area contributed by atoms with Gasteiger partial charge in [0.25, 0.3) is 5.91 Å². The fraction of sp³-hybridized carbons (Fsp3) is 0.143. The van der Waals surface area contributed by atoms with Gasteiger partial charge in [0.05, 0.1) is 5.57 Å². The summed E-state index contributed by atoms with van der Waals surface area (Å²) in [4.78, 5) is 16.4. The smallest absolute Gasteiger partial charge is 0.283 e. The summed E-state index contributed by atoms with van der Waals surface area (Å²) in [5.41, 5.74) is 1.38. The number of amides is 1. The van der Waals surface area contributed by atoms with Crippen LogP contribution in [-0.4, -0.2) is 27.0 Å². The number of fused-ring (bicyclic) bond motifs is 1.